The Bertz CT molecular complexity index is 909. The van der Waals surface area contributed by atoms with Crippen LogP contribution in [0.1, 0.15) is 39.1 Å². The number of carbonyl (C=O) groups is 2. The van der Waals surface area contributed by atoms with E-state index in [1.165, 1.54) is 0 Å². The van der Waals surface area contributed by atoms with Crippen molar-refractivity contribution < 1.29 is 9.59 Å². The molecule has 0 unspecified atom stereocenters. The zero-order valence-corrected chi connectivity index (χ0v) is 17.4. The van der Waals surface area contributed by atoms with Crippen LogP contribution in [0.4, 0.5) is 0 Å². The van der Waals surface area contributed by atoms with Crippen molar-refractivity contribution in [2.45, 2.75) is 24.6 Å². The molecule has 1 spiro atoms. The molecule has 0 atom stereocenters. The molecule has 2 fully saturated rings. The van der Waals surface area contributed by atoms with E-state index in [2.05, 4.69) is 0 Å². The Morgan fingerprint density at radius 2 is 1.57 bits per heavy atom. The first-order valence-corrected chi connectivity index (χ1v) is 10.9. The van der Waals surface area contributed by atoms with Gasteiger partial charge in [0, 0.05) is 31.0 Å². The standard InChI is InChI=1S/C22H23ClN2O2S/c1-16-6-2-3-7-17(16)21(27)25-14-15-28-22(25)10-12-24(13-11-22)20(26)18-8-4-5-9-19(18)23/h2-9H,10-15H2,1H3. The van der Waals surface area contributed by atoms with E-state index in [-0.39, 0.29) is 16.7 Å². The SMILES string of the molecule is Cc1ccccc1C(=O)N1CCSC12CCN(C(=O)c1ccccc1Cl)CC2. The number of halogens is 1. The van der Waals surface area contributed by atoms with Gasteiger partial charge in [0.25, 0.3) is 11.8 Å². The zero-order valence-electron chi connectivity index (χ0n) is 15.9. The van der Waals surface area contributed by atoms with Crippen LogP contribution in [-0.4, -0.2) is 51.9 Å². The molecular weight excluding hydrogens is 392 g/mol. The summed E-state index contributed by atoms with van der Waals surface area (Å²) in [6.07, 6.45) is 1.57. The van der Waals surface area contributed by atoms with Crippen LogP contribution in [0.5, 0.6) is 0 Å². The lowest BCUT2D eigenvalue weighted by molar-refractivity contribution is 0.0497. The molecule has 0 N–H and O–H groups in total. The molecule has 0 aliphatic carbocycles. The second kappa shape index (κ2) is 7.80. The van der Waals surface area contributed by atoms with Crippen LogP contribution in [0.2, 0.25) is 5.02 Å². The molecule has 4 rings (SSSR count). The highest BCUT2D eigenvalue weighted by Crippen LogP contribution is 2.45. The van der Waals surface area contributed by atoms with Crippen LogP contribution in [-0.2, 0) is 0 Å². The van der Waals surface area contributed by atoms with Gasteiger partial charge in [-0.15, -0.1) is 11.8 Å². The lowest BCUT2D eigenvalue weighted by atomic mass is 9.99. The van der Waals surface area contributed by atoms with Crippen molar-refractivity contribution in [3.63, 3.8) is 0 Å². The summed E-state index contributed by atoms with van der Waals surface area (Å²) < 4.78 is 0. The molecule has 2 amide bonds. The number of hydrogen-bond donors (Lipinski definition) is 0. The average Bonchev–Trinajstić information content (AvgIpc) is 3.11. The van der Waals surface area contributed by atoms with Crippen molar-refractivity contribution in [2.24, 2.45) is 0 Å². The van der Waals surface area contributed by atoms with Gasteiger partial charge in [0.2, 0.25) is 0 Å². The van der Waals surface area contributed by atoms with E-state index in [0.717, 1.165) is 36.3 Å². The van der Waals surface area contributed by atoms with Gasteiger partial charge in [-0.05, 0) is 43.5 Å². The second-order valence-electron chi connectivity index (χ2n) is 7.34. The predicted molar refractivity (Wildman–Crippen MR) is 114 cm³/mol. The number of likely N-dealkylation sites (tertiary alicyclic amines) is 1. The molecule has 2 saturated heterocycles. The minimum atomic E-state index is -0.212. The van der Waals surface area contributed by atoms with Gasteiger partial charge in [-0.1, -0.05) is 41.9 Å². The van der Waals surface area contributed by atoms with Crippen LogP contribution in [0.3, 0.4) is 0 Å². The number of amides is 2. The normalized spacial score (nSPS) is 18.5. The Labute approximate surface area is 174 Å². The topological polar surface area (TPSA) is 40.6 Å². The van der Waals surface area contributed by atoms with Crippen molar-refractivity contribution in [3.8, 4) is 0 Å². The highest BCUT2D eigenvalue weighted by atomic mass is 35.5. The minimum Gasteiger partial charge on any atom is -0.338 e. The molecule has 146 valence electrons. The zero-order chi connectivity index (χ0) is 19.7. The van der Waals surface area contributed by atoms with E-state index >= 15 is 0 Å². The fraction of sp³-hybridized carbons (Fsp3) is 0.364. The van der Waals surface area contributed by atoms with Crippen LogP contribution in [0.25, 0.3) is 0 Å². The van der Waals surface area contributed by atoms with Crippen LogP contribution >= 0.6 is 23.4 Å². The molecule has 0 radical (unpaired) electrons. The maximum absolute atomic E-state index is 13.2. The molecule has 0 saturated carbocycles. The third kappa shape index (κ3) is 3.42. The Balaban J connectivity index is 1.50. The number of nitrogens with zero attached hydrogens (tertiary/aromatic N) is 2. The van der Waals surface area contributed by atoms with Gasteiger partial charge in [-0.3, -0.25) is 9.59 Å². The Morgan fingerprint density at radius 1 is 0.929 bits per heavy atom. The molecule has 0 aromatic heterocycles. The van der Waals surface area contributed by atoms with E-state index in [9.17, 15) is 9.59 Å². The van der Waals surface area contributed by atoms with Gasteiger partial charge < -0.3 is 9.80 Å². The van der Waals surface area contributed by atoms with Crippen molar-refractivity contribution in [1.82, 2.24) is 9.80 Å². The molecule has 28 heavy (non-hydrogen) atoms. The number of aryl methyl sites for hydroxylation is 1. The third-order valence-corrected chi connectivity index (χ3v) is 7.62. The third-order valence-electron chi connectivity index (χ3n) is 5.73. The predicted octanol–water partition coefficient (Wildman–Crippen LogP) is 4.47. The lowest BCUT2D eigenvalue weighted by Gasteiger charge is -2.44. The molecule has 4 nitrogen and oxygen atoms in total. The highest BCUT2D eigenvalue weighted by Gasteiger charge is 2.47. The van der Waals surface area contributed by atoms with Crippen molar-refractivity contribution >= 4 is 35.2 Å². The van der Waals surface area contributed by atoms with Gasteiger partial charge in [-0.2, -0.15) is 0 Å². The molecule has 2 aromatic carbocycles. The first kappa shape index (κ1) is 19.3. The largest absolute Gasteiger partial charge is 0.338 e. The van der Waals surface area contributed by atoms with E-state index in [4.69, 9.17) is 11.6 Å². The summed E-state index contributed by atoms with van der Waals surface area (Å²) in [7, 11) is 0. The first-order valence-electron chi connectivity index (χ1n) is 9.57. The van der Waals surface area contributed by atoms with Crippen LogP contribution in [0, 0.1) is 6.92 Å². The maximum atomic E-state index is 13.2. The van der Waals surface area contributed by atoms with E-state index < -0.39 is 0 Å². The van der Waals surface area contributed by atoms with E-state index in [0.29, 0.717) is 23.7 Å². The lowest BCUT2D eigenvalue weighted by Crippen LogP contribution is -2.53. The quantitative estimate of drug-likeness (QED) is 0.727. The average molecular weight is 415 g/mol. The number of hydrogen-bond acceptors (Lipinski definition) is 3. The van der Waals surface area contributed by atoms with Gasteiger partial charge in [-0.25, -0.2) is 0 Å². The molecule has 2 aliphatic rings. The van der Waals surface area contributed by atoms with Crippen molar-refractivity contribution in [2.75, 3.05) is 25.4 Å². The van der Waals surface area contributed by atoms with Crippen molar-refractivity contribution in [1.29, 1.82) is 0 Å². The fourth-order valence-corrected chi connectivity index (χ4v) is 5.80. The molecule has 2 aromatic rings. The second-order valence-corrected chi connectivity index (χ2v) is 9.20. The summed E-state index contributed by atoms with van der Waals surface area (Å²) in [6, 6.07) is 14.9. The first-order chi connectivity index (χ1) is 13.5. The Morgan fingerprint density at radius 3 is 2.25 bits per heavy atom. The summed E-state index contributed by atoms with van der Waals surface area (Å²) in [6.45, 7) is 4.01. The summed E-state index contributed by atoms with van der Waals surface area (Å²) >= 11 is 8.06. The molecule has 6 heteroatoms. The minimum absolute atomic E-state index is 0.0276. The summed E-state index contributed by atoms with van der Waals surface area (Å²) in [4.78, 5) is 29.8. The van der Waals surface area contributed by atoms with Gasteiger partial charge in [0.05, 0.1) is 15.5 Å². The summed E-state index contributed by atoms with van der Waals surface area (Å²) in [5.74, 6) is 1.02. The van der Waals surface area contributed by atoms with Crippen LogP contribution in [0.15, 0.2) is 48.5 Å². The molecular formula is C22H23ClN2O2S. The molecule has 2 aliphatic heterocycles. The number of benzene rings is 2. The number of piperidine rings is 1. The van der Waals surface area contributed by atoms with Crippen molar-refractivity contribution in [3.05, 3.63) is 70.2 Å². The Kier molecular flexibility index (Phi) is 5.39. The number of rotatable bonds is 2. The number of carbonyl (C=O) groups excluding carboxylic acids is 2. The van der Waals surface area contributed by atoms with E-state index in [1.54, 1.807) is 12.1 Å². The maximum Gasteiger partial charge on any atom is 0.255 e. The monoisotopic (exact) mass is 414 g/mol. The van der Waals surface area contributed by atoms with Gasteiger partial charge in [0.1, 0.15) is 0 Å². The smallest absolute Gasteiger partial charge is 0.255 e. The Hall–Kier alpha value is -1.98. The highest BCUT2D eigenvalue weighted by molar-refractivity contribution is 8.00. The van der Waals surface area contributed by atoms with Gasteiger partial charge >= 0.3 is 0 Å². The summed E-state index contributed by atoms with van der Waals surface area (Å²) in [5, 5.41) is 0.486. The molecule has 0 bridgehead atoms. The number of thioether (sulfide) groups is 1. The van der Waals surface area contributed by atoms with Gasteiger partial charge in [0.15, 0.2) is 0 Å². The van der Waals surface area contributed by atoms with Crippen LogP contribution < -0.4 is 0 Å². The summed E-state index contributed by atoms with van der Waals surface area (Å²) in [5.41, 5.74) is 2.33. The molecule has 2 heterocycles. The fourth-order valence-electron chi connectivity index (χ4n) is 4.13. The van der Waals surface area contributed by atoms with E-state index in [1.807, 2.05) is 64.9 Å².